The van der Waals surface area contributed by atoms with Crippen LogP contribution in [0, 0.1) is 5.82 Å². The number of anilines is 1. The van der Waals surface area contributed by atoms with E-state index in [1.165, 1.54) is 35.9 Å². The molecule has 1 aromatic carbocycles. The molecule has 0 fully saturated rings. The maximum atomic E-state index is 13.3. The number of aromatic nitrogens is 2. The molecule has 0 spiro atoms. The van der Waals surface area contributed by atoms with Gasteiger partial charge in [0.15, 0.2) is 5.82 Å². The van der Waals surface area contributed by atoms with Crippen molar-refractivity contribution in [2.75, 3.05) is 5.43 Å². The third-order valence-electron chi connectivity index (χ3n) is 4.02. The Hall–Kier alpha value is -3.17. The zero-order valence-electron chi connectivity index (χ0n) is 14.5. The Morgan fingerprint density at radius 1 is 1.14 bits per heavy atom. The smallest absolute Gasteiger partial charge is 0.159 e. The number of carboxylic acid groups (broad SMARTS) is 1. The lowest BCUT2D eigenvalue weighted by atomic mass is 10.1. The number of halogens is 1. The van der Waals surface area contributed by atoms with E-state index in [1.54, 1.807) is 25.1 Å². The van der Waals surface area contributed by atoms with Gasteiger partial charge in [-0.3, -0.25) is 5.43 Å². The van der Waals surface area contributed by atoms with Crippen molar-refractivity contribution in [1.82, 2.24) is 9.97 Å². The molecule has 4 aromatic rings. The topological polar surface area (TPSA) is 90.3 Å². The number of carboxylic acids is 1. The molecular formula is C19H12FN4O2S2-. The predicted molar refractivity (Wildman–Crippen MR) is 107 cm³/mol. The summed E-state index contributed by atoms with van der Waals surface area (Å²) >= 11 is 2.55. The van der Waals surface area contributed by atoms with Crippen molar-refractivity contribution in [2.45, 2.75) is 6.92 Å². The highest BCUT2D eigenvalue weighted by atomic mass is 32.1. The normalized spacial score (nSPS) is 11.7. The molecule has 1 N–H and O–H groups in total. The molecule has 0 bridgehead atoms. The van der Waals surface area contributed by atoms with Crippen molar-refractivity contribution >= 4 is 50.4 Å². The van der Waals surface area contributed by atoms with Gasteiger partial charge in [-0.2, -0.15) is 5.10 Å². The highest BCUT2D eigenvalue weighted by molar-refractivity contribution is 7.17. The van der Waals surface area contributed by atoms with Gasteiger partial charge in [-0.25, -0.2) is 14.4 Å². The van der Waals surface area contributed by atoms with Crippen LogP contribution in [0.15, 0.2) is 53.2 Å². The number of carbonyl (C=O) groups is 1. The van der Waals surface area contributed by atoms with Crippen molar-refractivity contribution in [3.8, 4) is 11.1 Å². The fraction of sp³-hybridized carbons (Fsp3) is 0.0526. The molecule has 28 heavy (non-hydrogen) atoms. The Bertz CT molecular complexity index is 1200. The van der Waals surface area contributed by atoms with Crippen molar-refractivity contribution < 1.29 is 14.3 Å². The second kappa shape index (κ2) is 7.45. The largest absolute Gasteiger partial charge is 0.544 e. The Balaban J connectivity index is 1.69. The van der Waals surface area contributed by atoms with E-state index in [-0.39, 0.29) is 10.7 Å². The molecule has 0 aliphatic rings. The van der Waals surface area contributed by atoms with Gasteiger partial charge >= 0.3 is 0 Å². The van der Waals surface area contributed by atoms with Gasteiger partial charge in [0.1, 0.15) is 17.0 Å². The summed E-state index contributed by atoms with van der Waals surface area (Å²) in [5.74, 6) is -0.997. The van der Waals surface area contributed by atoms with Gasteiger partial charge in [0.2, 0.25) is 0 Å². The zero-order valence-corrected chi connectivity index (χ0v) is 16.1. The first-order valence-electron chi connectivity index (χ1n) is 8.13. The fourth-order valence-corrected chi connectivity index (χ4v) is 4.34. The molecular weight excluding hydrogens is 399 g/mol. The monoisotopic (exact) mass is 411 g/mol. The van der Waals surface area contributed by atoms with E-state index in [0.717, 1.165) is 32.7 Å². The van der Waals surface area contributed by atoms with Crippen LogP contribution in [0.1, 0.15) is 21.5 Å². The van der Waals surface area contributed by atoms with E-state index in [4.69, 9.17) is 0 Å². The van der Waals surface area contributed by atoms with E-state index < -0.39 is 5.97 Å². The number of hydrogen-bond donors (Lipinski definition) is 1. The summed E-state index contributed by atoms with van der Waals surface area (Å²) in [6.07, 6.45) is 1.44. The van der Waals surface area contributed by atoms with Crippen LogP contribution in [0.25, 0.3) is 21.3 Å². The second-order valence-corrected chi connectivity index (χ2v) is 7.76. The lowest BCUT2D eigenvalue weighted by molar-refractivity contribution is -0.254. The second-order valence-electron chi connectivity index (χ2n) is 5.82. The summed E-state index contributed by atoms with van der Waals surface area (Å²) in [6.45, 7) is 1.77. The van der Waals surface area contributed by atoms with Gasteiger partial charge in [0.25, 0.3) is 0 Å². The lowest BCUT2D eigenvalue weighted by Gasteiger charge is -2.06. The van der Waals surface area contributed by atoms with Crippen LogP contribution in [-0.2, 0) is 0 Å². The first kappa shape index (κ1) is 18.2. The van der Waals surface area contributed by atoms with Crippen LogP contribution < -0.4 is 10.5 Å². The number of carbonyl (C=O) groups excluding carboxylic acids is 1. The summed E-state index contributed by atoms with van der Waals surface area (Å²) < 4.78 is 13.3. The van der Waals surface area contributed by atoms with E-state index in [0.29, 0.717) is 16.4 Å². The number of fused-ring (bicyclic) bond motifs is 1. The molecule has 0 atom stereocenters. The molecule has 6 nitrogen and oxygen atoms in total. The Kier molecular flexibility index (Phi) is 4.84. The lowest BCUT2D eigenvalue weighted by Crippen LogP contribution is -2.20. The number of thiophene rings is 2. The molecule has 0 saturated carbocycles. The number of hydrogen-bond acceptors (Lipinski definition) is 8. The number of aromatic carboxylic acids is 1. The van der Waals surface area contributed by atoms with Gasteiger partial charge in [-0.05, 0) is 36.8 Å². The van der Waals surface area contributed by atoms with Crippen LogP contribution in [-0.4, -0.2) is 21.6 Å². The van der Waals surface area contributed by atoms with Gasteiger partial charge in [0.05, 0.1) is 26.8 Å². The summed E-state index contributed by atoms with van der Waals surface area (Å²) in [6, 6.07) is 9.39. The number of nitrogens with one attached hydrogen (secondary N) is 1. The molecule has 0 aliphatic carbocycles. The minimum atomic E-state index is -1.21. The average molecular weight is 411 g/mol. The van der Waals surface area contributed by atoms with Crippen molar-refractivity contribution in [1.29, 1.82) is 0 Å². The van der Waals surface area contributed by atoms with Crippen LogP contribution >= 0.6 is 22.7 Å². The van der Waals surface area contributed by atoms with Crippen molar-refractivity contribution in [3.63, 3.8) is 0 Å². The van der Waals surface area contributed by atoms with Gasteiger partial charge < -0.3 is 9.90 Å². The van der Waals surface area contributed by atoms with Gasteiger partial charge in [-0.15, -0.1) is 22.7 Å². The molecule has 0 radical (unpaired) electrons. The molecule has 0 aliphatic heterocycles. The summed E-state index contributed by atoms with van der Waals surface area (Å²) in [5, 5.41) is 18.0. The summed E-state index contributed by atoms with van der Waals surface area (Å²) in [7, 11) is 0. The SMILES string of the molecule is C/C(=N/Nc1ncnc2scc(-c3ccc(F)cc3)c12)c1ccc(C(=O)[O-])s1. The third-order valence-corrected chi connectivity index (χ3v) is 6.08. The van der Waals surface area contributed by atoms with Crippen LogP contribution in [0.3, 0.4) is 0 Å². The maximum absolute atomic E-state index is 13.3. The Morgan fingerprint density at radius 2 is 1.89 bits per heavy atom. The first-order valence-corrected chi connectivity index (χ1v) is 9.82. The molecule has 4 rings (SSSR count). The number of nitrogens with zero attached hydrogens (tertiary/aromatic N) is 3. The molecule has 0 amide bonds. The maximum Gasteiger partial charge on any atom is 0.159 e. The zero-order chi connectivity index (χ0) is 19.7. The molecule has 3 aromatic heterocycles. The van der Waals surface area contributed by atoms with Crippen molar-refractivity contribution in [3.05, 3.63) is 63.7 Å². The molecule has 9 heteroatoms. The quantitative estimate of drug-likeness (QED) is 0.399. The molecule has 140 valence electrons. The average Bonchev–Trinajstić information content (AvgIpc) is 3.34. The van der Waals surface area contributed by atoms with Gasteiger partial charge in [0, 0.05) is 10.9 Å². The summed E-state index contributed by atoms with van der Waals surface area (Å²) in [5.41, 5.74) is 5.29. The van der Waals surface area contributed by atoms with Crippen LogP contribution in [0.4, 0.5) is 10.2 Å². The Morgan fingerprint density at radius 3 is 2.61 bits per heavy atom. The minimum absolute atomic E-state index is 0.144. The number of rotatable bonds is 5. The predicted octanol–water partition coefficient (Wildman–Crippen LogP) is 3.76. The third kappa shape index (κ3) is 3.49. The van der Waals surface area contributed by atoms with E-state index >= 15 is 0 Å². The van der Waals surface area contributed by atoms with Crippen molar-refractivity contribution in [2.24, 2.45) is 5.10 Å². The molecule has 0 unspecified atom stereocenters. The van der Waals surface area contributed by atoms with E-state index in [2.05, 4.69) is 20.5 Å². The van der Waals surface area contributed by atoms with Crippen LogP contribution in [0.2, 0.25) is 0 Å². The number of benzene rings is 1. The highest BCUT2D eigenvalue weighted by Crippen LogP contribution is 2.36. The number of hydrazone groups is 1. The highest BCUT2D eigenvalue weighted by Gasteiger charge is 2.13. The van der Waals surface area contributed by atoms with Crippen LogP contribution in [0.5, 0.6) is 0 Å². The minimum Gasteiger partial charge on any atom is -0.544 e. The summed E-state index contributed by atoms with van der Waals surface area (Å²) in [4.78, 5) is 21.1. The Labute approximate surface area is 167 Å². The molecule has 0 saturated heterocycles. The van der Waals surface area contributed by atoms with E-state index in [9.17, 15) is 14.3 Å². The fourth-order valence-electron chi connectivity index (χ4n) is 2.64. The van der Waals surface area contributed by atoms with E-state index in [1.807, 2.05) is 5.38 Å². The first-order chi connectivity index (χ1) is 13.5. The van der Waals surface area contributed by atoms with Gasteiger partial charge in [-0.1, -0.05) is 12.1 Å². The molecule has 3 heterocycles. The standard InChI is InChI=1S/C19H13FN4O2S2/c1-10(14-6-7-15(28-14)19(25)26)23-24-17-16-13(8-27-18(16)22-9-21-17)11-2-4-12(20)5-3-11/h2-9H,1H3,(H,25,26)(H,21,22,24)/p-1/b23-10-.